The maximum atomic E-state index is 13.0. The molecule has 0 spiro atoms. The zero-order valence-corrected chi connectivity index (χ0v) is 15.3. The number of anilines is 1. The number of hydrogen-bond donors (Lipinski definition) is 2. The first-order chi connectivity index (χ1) is 12.1. The summed E-state index contributed by atoms with van der Waals surface area (Å²) in [5.41, 5.74) is 0.886. The number of amides is 2. The molecule has 0 bridgehead atoms. The Morgan fingerprint density at radius 1 is 1.48 bits per heavy atom. The molecule has 0 aliphatic carbocycles. The average molecular weight is 361 g/mol. The minimum atomic E-state index is -0.310. The van der Waals surface area contributed by atoms with E-state index in [1.54, 1.807) is 12.1 Å². The van der Waals surface area contributed by atoms with Gasteiger partial charge in [-0.05, 0) is 50.1 Å². The molecule has 2 aromatic heterocycles. The molecule has 2 aromatic rings. The molecule has 6 nitrogen and oxygen atoms in total. The molecule has 1 unspecified atom stereocenters. The fraction of sp³-hybridized carbons (Fsp3) is 0.444. The Hall–Kier alpha value is -2.12. The van der Waals surface area contributed by atoms with Gasteiger partial charge in [0.25, 0.3) is 11.8 Å². The fourth-order valence-electron chi connectivity index (χ4n) is 3.06. The van der Waals surface area contributed by atoms with Crippen molar-refractivity contribution in [1.29, 1.82) is 0 Å². The van der Waals surface area contributed by atoms with Gasteiger partial charge in [0.2, 0.25) is 0 Å². The Kier molecular flexibility index (Phi) is 5.55. The van der Waals surface area contributed by atoms with Crippen LogP contribution in [0.3, 0.4) is 0 Å². The quantitative estimate of drug-likeness (QED) is 0.829. The number of nitrogens with one attached hydrogen (secondary N) is 2. The maximum Gasteiger partial charge on any atom is 0.291 e. The molecule has 0 saturated carbocycles. The minimum Gasteiger partial charge on any atom is -0.459 e. The first-order valence-corrected chi connectivity index (χ1v) is 9.38. The molecule has 1 aliphatic heterocycles. The molecule has 0 radical (unpaired) electrons. The summed E-state index contributed by atoms with van der Waals surface area (Å²) in [5.74, 6) is -0.00391. The molecule has 2 amide bonds. The molecular formula is C18H23N3O3S. The SMILES string of the molecule is CCCN(C(=O)c1sc(NC(=O)c2ccco2)cc1C)C1CCNC1. The van der Waals surface area contributed by atoms with Gasteiger partial charge in [-0.2, -0.15) is 0 Å². The lowest BCUT2D eigenvalue weighted by atomic mass is 10.1. The lowest BCUT2D eigenvalue weighted by molar-refractivity contribution is 0.0696. The largest absolute Gasteiger partial charge is 0.459 e. The Labute approximate surface area is 151 Å². The lowest BCUT2D eigenvalue weighted by Crippen LogP contribution is -2.42. The normalized spacial score (nSPS) is 16.8. The molecule has 7 heteroatoms. The molecule has 25 heavy (non-hydrogen) atoms. The zero-order valence-electron chi connectivity index (χ0n) is 14.5. The molecule has 1 aliphatic rings. The van der Waals surface area contributed by atoms with Crippen LogP contribution < -0.4 is 10.6 Å². The first-order valence-electron chi connectivity index (χ1n) is 8.57. The summed E-state index contributed by atoms with van der Waals surface area (Å²) in [4.78, 5) is 27.8. The van der Waals surface area contributed by atoms with Crippen LogP contribution in [0.5, 0.6) is 0 Å². The number of carbonyl (C=O) groups is 2. The summed E-state index contributed by atoms with van der Waals surface area (Å²) in [7, 11) is 0. The second-order valence-electron chi connectivity index (χ2n) is 6.20. The van der Waals surface area contributed by atoms with Crippen molar-refractivity contribution in [3.63, 3.8) is 0 Å². The van der Waals surface area contributed by atoms with Gasteiger partial charge in [0.1, 0.15) is 0 Å². The third kappa shape index (κ3) is 3.93. The van der Waals surface area contributed by atoms with E-state index in [9.17, 15) is 9.59 Å². The standard InChI is InChI=1S/C18H23N3O3S/c1-3-8-21(13-6-7-19-11-13)18(23)16-12(2)10-15(25-16)20-17(22)14-5-4-9-24-14/h4-5,9-10,13,19H,3,6-8,11H2,1-2H3,(H,20,22). The van der Waals surface area contributed by atoms with Crippen molar-refractivity contribution in [1.82, 2.24) is 10.2 Å². The molecule has 134 valence electrons. The fourth-order valence-corrected chi connectivity index (χ4v) is 4.09. The van der Waals surface area contributed by atoms with Gasteiger partial charge in [0.15, 0.2) is 5.76 Å². The molecule has 1 fully saturated rings. The van der Waals surface area contributed by atoms with Crippen LogP contribution in [-0.2, 0) is 0 Å². The van der Waals surface area contributed by atoms with Gasteiger partial charge in [0.05, 0.1) is 16.1 Å². The van der Waals surface area contributed by atoms with Crippen molar-refractivity contribution in [3.05, 3.63) is 40.7 Å². The van der Waals surface area contributed by atoms with Crippen LogP contribution in [0.2, 0.25) is 0 Å². The molecule has 1 atom stereocenters. The van der Waals surface area contributed by atoms with Gasteiger partial charge >= 0.3 is 0 Å². The van der Waals surface area contributed by atoms with E-state index in [2.05, 4.69) is 17.6 Å². The Morgan fingerprint density at radius 2 is 2.32 bits per heavy atom. The van der Waals surface area contributed by atoms with Crippen LogP contribution in [0, 0.1) is 6.92 Å². The van der Waals surface area contributed by atoms with Crippen LogP contribution >= 0.6 is 11.3 Å². The molecular weight excluding hydrogens is 338 g/mol. The summed E-state index contributed by atoms with van der Waals surface area (Å²) in [6.07, 6.45) is 3.37. The van der Waals surface area contributed by atoms with E-state index in [1.807, 2.05) is 17.9 Å². The van der Waals surface area contributed by atoms with E-state index in [0.29, 0.717) is 9.88 Å². The number of aryl methyl sites for hydroxylation is 1. The lowest BCUT2D eigenvalue weighted by Gasteiger charge is -2.28. The second kappa shape index (κ2) is 7.84. The predicted octanol–water partition coefficient (Wildman–Crippen LogP) is 3.12. The van der Waals surface area contributed by atoms with Crippen LogP contribution in [0.15, 0.2) is 28.9 Å². The smallest absolute Gasteiger partial charge is 0.291 e. The summed E-state index contributed by atoms with van der Waals surface area (Å²) < 4.78 is 5.10. The number of rotatable bonds is 6. The van der Waals surface area contributed by atoms with Gasteiger partial charge in [-0.15, -0.1) is 11.3 Å². The van der Waals surface area contributed by atoms with Crippen LogP contribution in [-0.4, -0.2) is 42.4 Å². The third-order valence-corrected chi connectivity index (χ3v) is 5.43. The highest BCUT2D eigenvalue weighted by molar-refractivity contribution is 7.18. The number of carbonyl (C=O) groups excluding carboxylic acids is 2. The maximum absolute atomic E-state index is 13.0. The monoisotopic (exact) mass is 361 g/mol. The van der Waals surface area contributed by atoms with E-state index < -0.39 is 0 Å². The number of thiophene rings is 1. The highest BCUT2D eigenvalue weighted by Crippen LogP contribution is 2.29. The summed E-state index contributed by atoms with van der Waals surface area (Å²) in [6.45, 7) is 6.53. The van der Waals surface area contributed by atoms with Gasteiger partial charge < -0.3 is 20.0 Å². The molecule has 3 heterocycles. The topological polar surface area (TPSA) is 74.6 Å². The second-order valence-corrected chi connectivity index (χ2v) is 7.25. The van der Waals surface area contributed by atoms with Crippen molar-refractivity contribution in [3.8, 4) is 0 Å². The Balaban J connectivity index is 1.76. The van der Waals surface area contributed by atoms with Crippen molar-refractivity contribution in [2.24, 2.45) is 0 Å². The first kappa shape index (κ1) is 17.7. The number of hydrogen-bond acceptors (Lipinski definition) is 5. The summed E-state index contributed by atoms with van der Waals surface area (Å²) in [5, 5.41) is 6.78. The Bertz CT molecular complexity index is 733. The third-order valence-electron chi connectivity index (χ3n) is 4.29. The predicted molar refractivity (Wildman–Crippen MR) is 98.3 cm³/mol. The van der Waals surface area contributed by atoms with Crippen molar-refractivity contribution >= 4 is 28.2 Å². The average Bonchev–Trinajstić information content (AvgIpc) is 3.33. The molecule has 2 N–H and O–H groups in total. The minimum absolute atomic E-state index is 0.0524. The Morgan fingerprint density at radius 3 is 2.96 bits per heavy atom. The molecule has 0 aromatic carbocycles. The number of furan rings is 1. The number of nitrogens with zero attached hydrogens (tertiary/aromatic N) is 1. The molecule has 3 rings (SSSR count). The van der Waals surface area contributed by atoms with E-state index >= 15 is 0 Å². The van der Waals surface area contributed by atoms with Gasteiger partial charge in [-0.25, -0.2) is 0 Å². The van der Waals surface area contributed by atoms with Crippen molar-refractivity contribution < 1.29 is 14.0 Å². The van der Waals surface area contributed by atoms with Gasteiger partial charge in [-0.1, -0.05) is 6.92 Å². The summed E-state index contributed by atoms with van der Waals surface area (Å²) >= 11 is 1.32. The highest BCUT2D eigenvalue weighted by Gasteiger charge is 2.28. The van der Waals surface area contributed by atoms with Gasteiger partial charge in [0, 0.05) is 19.1 Å². The summed E-state index contributed by atoms with van der Waals surface area (Å²) in [6, 6.07) is 5.37. The van der Waals surface area contributed by atoms with E-state index in [1.165, 1.54) is 17.6 Å². The van der Waals surface area contributed by atoms with Crippen molar-refractivity contribution in [2.45, 2.75) is 32.7 Å². The van der Waals surface area contributed by atoms with E-state index in [-0.39, 0.29) is 23.6 Å². The van der Waals surface area contributed by atoms with Crippen molar-refractivity contribution in [2.75, 3.05) is 25.0 Å². The molecule has 1 saturated heterocycles. The van der Waals surface area contributed by atoms with Crippen LogP contribution in [0.1, 0.15) is 45.6 Å². The highest BCUT2D eigenvalue weighted by atomic mass is 32.1. The zero-order chi connectivity index (χ0) is 17.8. The van der Waals surface area contributed by atoms with Crippen LogP contribution in [0.25, 0.3) is 0 Å². The van der Waals surface area contributed by atoms with E-state index in [4.69, 9.17) is 4.42 Å². The van der Waals surface area contributed by atoms with Gasteiger partial charge in [-0.3, -0.25) is 9.59 Å². The van der Waals surface area contributed by atoms with Crippen LogP contribution in [0.4, 0.5) is 5.00 Å². The van der Waals surface area contributed by atoms with E-state index in [0.717, 1.165) is 38.0 Å².